The summed E-state index contributed by atoms with van der Waals surface area (Å²) in [6.07, 6.45) is 1.45. The summed E-state index contributed by atoms with van der Waals surface area (Å²) in [4.78, 5) is 0.470. The second-order valence-corrected chi connectivity index (χ2v) is 7.82. The van der Waals surface area contributed by atoms with Crippen LogP contribution in [0.25, 0.3) is 0 Å². The fourth-order valence-electron chi connectivity index (χ4n) is 0.937. The molecular weight excluding hydrogens is 224 g/mol. The topological polar surface area (TPSA) is 110 Å². The van der Waals surface area contributed by atoms with Gasteiger partial charge in [0.1, 0.15) is 0 Å². The molecule has 1 rings (SSSR count). The van der Waals surface area contributed by atoms with E-state index in [1.54, 1.807) is 0 Å². The third-order valence-corrected chi connectivity index (χ3v) is 5.69. The molecule has 0 amide bonds. The van der Waals surface area contributed by atoms with Crippen LogP contribution >= 0.6 is 0 Å². The summed E-state index contributed by atoms with van der Waals surface area (Å²) in [5.41, 5.74) is 11.8. The second-order valence-electron chi connectivity index (χ2n) is 2.74. The molecule has 0 saturated carbocycles. The van der Waals surface area contributed by atoms with Crippen LogP contribution in [-0.2, 0) is 18.5 Å². The fourth-order valence-corrected chi connectivity index (χ4v) is 2.83. The molecule has 0 bridgehead atoms. The van der Waals surface area contributed by atoms with Crippen LogP contribution < -0.4 is 11.5 Å². The highest BCUT2D eigenvalue weighted by Crippen LogP contribution is 2.17. The van der Waals surface area contributed by atoms with Gasteiger partial charge in [0.2, 0.25) is 9.05 Å². The molecule has 14 heavy (non-hydrogen) atoms. The molecule has 1 aromatic carbocycles. The molecule has 6 N–H and O–H groups in total. The molecule has 7 heteroatoms. The highest BCUT2D eigenvalue weighted by Gasteiger charge is 2.06. The Morgan fingerprint density at radius 1 is 1.21 bits per heavy atom. The fraction of sp³-hybridized carbons (Fsp3) is 0.143. The van der Waals surface area contributed by atoms with E-state index in [9.17, 15) is 4.21 Å². The molecule has 0 aliphatic carbocycles. The molecule has 0 radical (unpaired) electrons. The minimum atomic E-state index is -3.82. The van der Waals surface area contributed by atoms with Gasteiger partial charge in [-0.15, -0.1) is 0 Å². The van der Waals surface area contributed by atoms with Crippen LogP contribution in [0.1, 0.15) is 0 Å². The van der Waals surface area contributed by atoms with Gasteiger partial charge in [0.05, 0.1) is 0 Å². The average Bonchev–Trinajstić information content (AvgIpc) is 1.99. The van der Waals surface area contributed by atoms with E-state index in [2.05, 4.69) is 0 Å². The Morgan fingerprint density at radius 3 is 2.00 bits per heavy atom. The zero-order valence-corrected chi connectivity index (χ0v) is 9.14. The van der Waals surface area contributed by atoms with Gasteiger partial charge in [0.25, 0.3) is 0 Å². The lowest BCUT2D eigenvalue weighted by molar-refractivity contribution is 0.450. The van der Waals surface area contributed by atoms with E-state index in [1.807, 2.05) is 0 Å². The molecule has 0 aliphatic heterocycles. The third kappa shape index (κ3) is 2.61. The molecule has 1 unspecified atom stereocenters. The Kier molecular flexibility index (Phi) is 3.05. The molecule has 1 aromatic rings. The van der Waals surface area contributed by atoms with Gasteiger partial charge in [-0.1, -0.05) is 9.45 Å². The summed E-state index contributed by atoms with van der Waals surface area (Å²) < 4.78 is 28.8. The highest BCUT2D eigenvalue weighted by atomic mass is 32.9. The smallest absolute Gasteiger partial charge is 0.227 e. The van der Waals surface area contributed by atoms with Gasteiger partial charge in [-0.3, -0.25) is 9.11 Å². The van der Waals surface area contributed by atoms with Gasteiger partial charge in [0.15, 0.2) is 0 Å². The van der Waals surface area contributed by atoms with Crippen LogP contribution in [0.5, 0.6) is 0 Å². The molecule has 0 aliphatic rings. The maximum Gasteiger partial charge on any atom is 0.227 e. The van der Waals surface area contributed by atoms with Crippen molar-refractivity contribution in [2.75, 3.05) is 17.7 Å². The van der Waals surface area contributed by atoms with Crippen LogP contribution in [-0.4, -0.2) is 19.6 Å². The van der Waals surface area contributed by atoms with E-state index >= 15 is 0 Å². The van der Waals surface area contributed by atoms with Crippen LogP contribution in [0.3, 0.4) is 0 Å². The Balaban J connectivity index is 3.43. The quantitative estimate of drug-likeness (QED) is 0.534. The molecule has 0 fully saturated rings. The summed E-state index contributed by atoms with van der Waals surface area (Å²) >= 11 is 0. The predicted octanol–water partition coefficient (Wildman–Crippen LogP) is 0.603. The Morgan fingerprint density at radius 2 is 1.64 bits per heavy atom. The summed E-state index contributed by atoms with van der Waals surface area (Å²) in [5, 5.41) is 0. The molecule has 0 aromatic heterocycles. The van der Waals surface area contributed by atoms with Crippen molar-refractivity contribution in [3.8, 4) is 0 Å². The first-order valence-electron chi connectivity index (χ1n) is 3.62. The maximum absolute atomic E-state index is 11.0. The molecular formula is C7H12N2O3S2. The van der Waals surface area contributed by atoms with Gasteiger partial charge < -0.3 is 11.5 Å². The first-order valence-corrected chi connectivity index (χ1v) is 7.24. The molecule has 80 valence electrons. The zero-order chi connectivity index (χ0) is 10.9. The van der Waals surface area contributed by atoms with Gasteiger partial charge >= 0.3 is 0 Å². The largest absolute Gasteiger partial charge is 0.399 e. The molecule has 1 atom stereocenters. The van der Waals surface area contributed by atoms with Crippen molar-refractivity contribution in [2.24, 2.45) is 0 Å². The number of nitrogens with two attached hydrogens (primary N) is 2. The summed E-state index contributed by atoms with van der Waals surface area (Å²) in [5.74, 6) is 0. The number of benzene rings is 1. The Bertz CT molecular complexity index is 450. The van der Waals surface area contributed by atoms with E-state index in [4.69, 9.17) is 20.6 Å². The Hall–Kier alpha value is -0.760. The van der Waals surface area contributed by atoms with Gasteiger partial charge in [-0.2, -0.15) is 0 Å². The number of nitrogen functional groups attached to an aromatic ring is 2. The number of hydrogen-bond acceptors (Lipinski definition) is 3. The van der Waals surface area contributed by atoms with Crippen LogP contribution in [0.4, 0.5) is 11.4 Å². The van der Waals surface area contributed by atoms with Crippen molar-refractivity contribution < 1.29 is 13.3 Å². The number of rotatable bonds is 1. The maximum atomic E-state index is 11.0. The van der Waals surface area contributed by atoms with Crippen molar-refractivity contribution in [2.45, 2.75) is 4.90 Å². The predicted molar refractivity (Wildman–Crippen MR) is 60.2 cm³/mol. The number of hydrogen-bond donors (Lipinski definition) is 4. The highest BCUT2D eigenvalue weighted by molar-refractivity contribution is 8.42. The van der Waals surface area contributed by atoms with Gasteiger partial charge in [-0.25, -0.2) is 4.21 Å². The lowest BCUT2D eigenvalue weighted by Crippen LogP contribution is -2.06. The van der Waals surface area contributed by atoms with E-state index in [0.29, 0.717) is 16.3 Å². The minimum absolute atomic E-state index is 0.406. The monoisotopic (exact) mass is 236 g/mol. The first-order chi connectivity index (χ1) is 6.30. The van der Waals surface area contributed by atoms with E-state index in [0.717, 1.165) is 0 Å². The average molecular weight is 236 g/mol. The molecule has 0 heterocycles. The van der Waals surface area contributed by atoms with Crippen LogP contribution in [0, 0.1) is 0 Å². The molecule has 5 nitrogen and oxygen atoms in total. The van der Waals surface area contributed by atoms with Crippen LogP contribution in [0.2, 0.25) is 0 Å². The van der Waals surface area contributed by atoms with E-state index in [-0.39, 0.29) is 0 Å². The normalized spacial score (nSPS) is 13.9. The zero-order valence-electron chi connectivity index (χ0n) is 7.51. The summed E-state index contributed by atoms with van der Waals surface area (Å²) in [6.45, 7) is 0. The van der Waals surface area contributed by atoms with Crippen LogP contribution in [0.15, 0.2) is 23.1 Å². The minimum Gasteiger partial charge on any atom is -0.399 e. The van der Waals surface area contributed by atoms with Crippen molar-refractivity contribution >= 4 is 29.9 Å². The standard InChI is InChI=1S/C7H12N2O3S2/c1-13(14(10,11)12)7-3-5(8)2-6(9)4-7/h2-4H,8-9H2,1H3,(H2,10,11,12). The third-order valence-electron chi connectivity index (χ3n) is 1.61. The molecule has 0 saturated heterocycles. The summed E-state index contributed by atoms with van der Waals surface area (Å²) in [7, 11) is -5.02. The summed E-state index contributed by atoms with van der Waals surface area (Å²) in [6, 6.07) is 4.58. The Labute approximate surface area is 84.4 Å². The lowest BCUT2D eigenvalue weighted by atomic mass is 10.3. The van der Waals surface area contributed by atoms with E-state index < -0.39 is 18.5 Å². The van der Waals surface area contributed by atoms with Crippen molar-refractivity contribution in [1.29, 1.82) is 0 Å². The van der Waals surface area contributed by atoms with Crippen molar-refractivity contribution in [3.63, 3.8) is 0 Å². The van der Waals surface area contributed by atoms with E-state index in [1.165, 1.54) is 24.5 Å². The number of anilines is 2. The molecule has 0 spiro atoms. The van der Waals surface area contributed by atoms with Gasteiger partial charge in [0, 0.05) is 16.3 Å². The van der Waals surface area contributed by atoms with Gasteiger partial charge in [-0.05, 0) is 24.5 Å². The van der Waals surface area contributed by atoms with Crippen molar-refractivity contribution in [1.82, 2.24) is 0 Å². The lowest BCUT2D eigenvalue weighted by Gasteiger charge is -2.07. The first kappa shape index (κ1) is 11.3. The van der Waals surface area contributed by atoms with Crippen molar-refractivity contribution in [3.05, 3.63) is 18.2 Å². The SMILES string of the molecule is CS(c1cc(N)cc(N)c1)=S(=O)(O)O. The second kappa shape index (κ2) is 3.77.